The smallest absolute Gasteiger partial charge is 0.395 e. The van der Waals surface area contributed by atoms with Crippen LogP contribution in [0, 0.1) is 11.8 Å². The van der Waals surface area contributed by atoms with Crippen LogP contribution >= 0.6 is 0 Å². The van der Waals surface area contributed by atoms with E-state index in [1.807, 2.05) is 0 Å². The molecule has 0 fully saturated rings. The standard InChI is InChI=1S/C12H13F3N2O3S/c1-17(9-12(13,14)15)21(19,20)11-6-10(7-16-8-11)4-2-3-5-18/h6-8,18H,3,5,9H2,1H3. The van der Waals surface area contributed by atoms with Crippen molar-refractivity contribution >= 4 is 10.0 Å². The van der Waals surface area contributed by atoms with Crippen LogP contribution in [0.1, 0.15) is 12.0 Å². The minimum atomic E-state index is -4.63. The van der Waals surface area contributed by atoms with Crippen LogP contribution in [0.4, 0.5) is 13.2 Å². The lowest BCUT2D eigenvalue weighted by Crippen LogP contribution is -2.35. The number of aromatic nitrogens is 1. The molecular weight excluding hydrogens is 309 g/mol. The second-order valence-corrected chi connectivity index (χ2v) is 6.11. The molecule has 1 heterocycles. The number of aliphatic hydroxyl groups excluding tert-OH is 1. The van der Waals surface area contributed by atoms with Crippen molar-refractivity contribution in [3.63, 3.8) is 0 Å². The molecule has 21 heavy (non-hydrogen) atoms. The monoisotopic (exact) mass is 322 g/mol. The van der Waals surface area contributed by atoms with E-state index in [1.54, 1.807) is 0 Å². The highest BCUT2D eigenvalue weighted by Gasteiger charge is 2.34. The number of pyridine rings is 1. The van der Waals surface area contributed by atoms with E-state index < -0.39 is 22.7 Å². The first-order chi connectivity index (χ1) is 9.66. The third-order valence-corrected chi connectivity index (χ3v) is 4.06. The fraction of sp³-hybridized carbons (Fsp3) is 0.417. The summed E-state index contributed by atoms with van der Waals surface area (Å²) in [6.07, 6.45) is -2.19. The molecule has 5 nitrogen and oxygen atoms in total. The molecule has 0 radical (unpaired) electrons. The van der Waals surface area contributed by atoms with Gasteiger partial charge >= 0.3 is 6.18 Å². The second-order valence-electron chi connectivity index (χ2n) is 4.06. The molecule has 0 amide bonds. The lowest BCUT2D eigenvalue weighted by Gasteiger charge is -2.18. The molecule has 0 aliphatic rings. The molecule has 0 aliphatic heterocycles. The molecule has 0 saturated carbocycles. The second kappa shape index (κ2) is 6.89. The SMILES string of the molecule is CN(CC(F)(F)F)S(=O)(=O)c1cncc(C#CCCO)c1. The number of alkyl halides is 3. The van der Waals surface area contributed by atoms with E-state index in [2.05, 4.69) is 16.8 Å². The summed E-state index contributed by atoms with van der Waals surface area (Å²) in [6.45, 7) is -1.73. The van der Waals surface area contributed by atoms with Gasteiger partial charge in [-0.2, -0.15) is 17.5 Å². The Bertz CT molecular complexity index is 648. The Morgan fingerprint density at radius 1 is 1.38 bits per heavy atom. The Kier molecular flexibility index (Phi) is 5.71. The third-order valence-electron chi connectivity index (χ3n) is 2.29. The van der Waals surface area contributed by atoms with E-state index in [-0.39, 0.29) is 27.8 Å². The molecule has 0 spiro atoms. The summed E-state index contributed by atoms with van der Waals surface area (Å²) >= 11 is 0. The molecule has 1 rings (SSSR count). The fourth-order valence-corrected chi connectivity index (χ4v) is 2.51. The number of rotatable bonds is 4. The summed E-state index contributed by atoms with van der Waals surface area (Å²) in [5.74, 6) is 5.14. The number of nitrogens with zero attached hydrogens (tertiary/aromatic N) is 2. The van der Waals surface area contributed by atoms with E-state index in [0.717, 1.165) is 19.3 Å². The zero-order valence-corrected chi connectivity index (χ0v) is 11.9. The first kappa shape index (κ1) is 17.4. The van der Waals surface area contributed by atoms with Crippen LogP contribution in [0.25, 0.3) is 0 Å². The highest BCUT2D eigenvalue weighted by molar-refractivity contribution is 7.89. The van der Waals surface area contributed by atoms with E-state index in [9.17, 15) is 21.6 Å². The molecule has 0 unspecified atom stereocenters. The molecule has 9 heteroatoms. The van der Waals surface area contributed by atoms with Gasteiger partial charge in [-0.15, -0.1) is 0 Å². The third kappa shape index (κ3) is 5.34. The molecule has 1 aromatic heterocycles. The van der Waals surface area contributed by atoms with Crippen molar-refractivity contribution in [3.8, 4) is 11.8 Å². The van der Waals surface area contributed by atoms with Crippen molar-refractivity contribution in [1.82, 2.24) is 9.29 Å². The number of halogens is 3. The average molecular weight is 322 g/mol. The van der Waals surface area contributed by atoms with E-state index in [0.29, 0.717) is 0 Å². The van der Waals surface area contributed by atoms with Gasteiger partial charge in [0.15, 0.2) is 0 Å². The molecule has 116 valence electrons. The van der Waals surface area contributed by atoms with Gasteiger partial charge in [0, 0.05) is 31.4 Å². The Morgan fingerprint density at radius 3 is 2.62 bits per heavy atom. The van der Waals surface area contributed by atoms with Crippen molar-refractivity contribution in [2.75, 3.05) is 20.2 Å². The summed E-state index contributed by atoms with van der Waals surface area (Å²) in [7, 11) is -3.45. The minimum absolute atomic E-state index is 0.146. The fourth-order valence-electron chi connectivity index (χ4n) is 1.37. The number of hydrogen-bond donors (Lipinski definition) is 1. The average Bonchev–Trinajstić information content (AvgIpc) is 2.37. The Balaban J connectivity index is 3.04. The summed E-state index contributed by atoms with van der Waals surface area (Å²) in [5, 5.41) is 8.58. The zero-order chi connectivity index (χ0) is 16.1. The van der Waals surface area contributed by atoms with Crippen LogP contribution in [0.5, 0.6) is 0 Å². The van der Waals surface area contributed by atoms with Crippen LogP contribution in [0.15, 0.2) is 23.4 Å². The Hall–Kier alpha value is -1.63. The zero-order valence-electron chi connectivity index (χ0n) is 11.1. The van der Waals surface area contributed by atoms with Gasteiger partial charge in [-0.25, -0.2) is 8.42 Å². The van der Waals surface area contributed by atoms with Gasteiger partial charge in [0.25, 0.3) is 0 Å². The van der Waals surface area contributed by atoms with Crippen LogP contribution in [-0.2, 0) is 10.0 Å². The van der Waals surface area contributed by atoms with Gasteiger partial charge in [-0.1, -0.05) is 11.8 Å². The van der Waals surface area contributed by atoms with Crippen molar-refractivity contribution in [1.29, 1.82) is 0 Å². The van der Waals surface area contributed by atoms with Crippen molar-refractivity contribution < 1.29 is 26.7 Å². The van der Waals surface area contributed by atoms with Gasteiger partial charge in [-0.3, -0.25) is 4.98 Å². The first-order valence-electron chi connectivity index (χ1n) is 5.74. The maximum absolute atomic E-state index is 12.3. The quantitative estimate of drug-likeness (QED) is 0.840. The predicted octanol–water partition coefficient (Wildman–Crippen LogP) is 0.998. The van der Waals surface area contributed by atoms with Gasteiger partial charge in [0.05, 0.1) is 6.61 Å². The molecule has 0 aliphatic carbocycles. The van der Waals surface area contributed by atoms with E-state index in [4.69, 9.17) is 5.11 Å². The summed E-state index contributed by atoms with van der Waals surface area (Å²) in [6, 6.07) is 1.14. The topological polar surface area (TPSA) is 70.5 Å². The van der Waals surface area contributed by atoms with Gasteiger partial charge in [0.1, 0.15) is 11.4 Å². The first-order valence-corrected chi connectivity index (χ1v) is 7.18. The lowest BCUT2D eigenvalue weighted by atomic mass is 10.3. The number of aliphatic hydroxyl groups is 1. The Labute approximate surface area is 120 Å². The lowest BCUT2D eigenvalue weighted by molar-refractivity contribution is -0.134. The minimum Gasteiger partial charge on any atom is -0.395 e. The van der Waals surface area contributed by atoms with Crippen LogP contribution in [-0.4, -0.2) is 49.2 Å². The summed E-state index contributed by atoms with van der Waals surface area (Å²) < 4.78 is 61.0. The van der Waals surface area contributed by atoms with Crippen molar-refractivity contribution in [2.24, 2.45) is 0 Å². The predicted molar refractivity (Wildman–Crippen MR) is 68.7 cm³/mol. The van der Waals surface area contributed by atoms with Gasteiger partial charge < -0.3 is 5.11 Å². The number of sulfonamides is 1. The molecular formula is C12H13F3N2O3S. The van der Waals surface area contributed by atoms with Crippen LogP contribution in [0.3, 0.4) is 0 Å². The van der Waals surface area contributed by atoms with Gasteiger partial charge in [0.2, 0.25) is 10.0 Å². The van der Waals surface area contributed by atoms with E-state index in [1.165, 1.54) is 6.20 Å². The highest BCUT2D eigenvalue weighted by Crippen LogP contribution is 2.21. The van der Waals surface area contributed by atoms with Crippen molar-refractivity contribution in [2.45, 2.75) is 17.5 Å². The number of hydrogen-bond acceptors (Lipinski definition) is 4. The highest BCUT2D eigenvalue weighted by atomic mass is 32.2. The summed E-state index contributed by atoms with van der Waals surface area (Å²) in [4.78, 5) is 3.29. The maximum Gasteiger partial charge on any atom is 0.402 e. The molecule has 0 aromatic carbocycles. The van der Waals surface area contributed by atoms with Gasteiger partial charge in [-0.05, 0) is 6.07 Å². The van der Waals surface area contributed by atoms with E-state index >= 15 is 0 Å². The maximum atomic E-state index is 12.3. The molecule has 1 aromatic rings. The molecule has 0 bridgehead atoms. The molecule has 1 N–H and O–H groups in total. The summed E-state index contributed by atoms with van der Waals surface area (Å²) in [5.41, 5.74) is 0.241. The van der Waals surface area contributed by atoms with Crippen LogP contribution in [0.2, 0.25) is 0 Å². The van der Waals surface area contributed by atoms with Crippen molar-refractivity contribution in [3.05, 3.63) is 24.0 Å². The molecule has 0 saturated heterocycles. The largest absolute Gasteiger partial charge is 0.402 e. The van der Waals surface area contributed by atoms with Crippen LogP contribution < -0.4 is 0 Å². The Morgan fingerprint density at radius 2 is 2.05 bits per heavy atom. The molecule has 0 atom stereocenters. The normalized spacial score (nSPS) is 12.1.